The lowest BCUT2D eigenvalue weighted by Gasteiger charge is -2.21. The van der Waals surface area contributed by atoms with Crippen LogP contribution in [0.25, 0.3) is 0 Å². The fourth-order valence-corrected chi connectivity index (χ4v) is 1.52. The van der Waals surface area contributed by atoms with Crippen molar-refractivity contribution >= 4 is 5.97 Å². The predicted octanol–water partition coefficient (Wildman–Crippen LogP) is -0.482. The number of hydrogen-bond donors (Lipinski definition) is 1. The summed E-state index contributed by atoms with van der Waals surface area (Å²) in [6.45, 7) is 2.56. The SMILES string of the molecule is CCOC(=O)c1nc2n(n1)C(CO)COC2. The van der Waals surface area contributed by atoms with Crippen LogP contribution in [0.5, 0.6) is 0 Å². The van der Waals surface area contributed by atoms with E-state index in [1.807, 2.05) is 0 Å². The minimum absolute atomic E-state index is 0.0146. The molecule has 1 unspecified atom stereocenters. The molecule has 0 aliphatic carbocycles. The molecule has 1 aromatic rings. The van der Waals surface area contributed by atoms with Crippen LogP contribution >= 0.6 is 0 Å². The highest BCUT2D eigenvalue weighted by Gasteiger charge is 2.25. The highest BCUT2D eigenvalue weighted by atomic mass is 16.5. The highest BCUT2D eigenvalue weighted by Crippen LogP contribution is 2.16. The number of esters is 1. The second-order valence-electron chi connectivity index (χ2n) is 3.37. The standard InChI is InChI=1S/C9H13N3O4/c1-2-16-9(14)8-10-7-5-15-4-6(3-13)12(7)11-8/h6,13H,2-5H2,1H3. The Hall–Kier alpha value is -1.47. The van der Waals surface area contributed by atoms with Crippen molar-refractivity contribution in [1.29, 1.82) is 0 Å². The van der Waals surface area contributed by atoms with Crippen LogP contribution < -0.4 is 0 Å². The zero-order valence-electron chi connectivity index (χ0n) is 8.92. The molecule has 1 aliphatic rings. The smallest absolute Gasteiger partial charge is 0.378 e. The van der Waals surface area contributed by atoms with E-state index in [9.17, 15) is 4.79 Å². The maximum absolute atomic E-state index is 11.4. The van der Waals surface area contributed by atoms with Gasteiger partial charge in [-0.1, -0.05) is 0 Å². The first-order valence-electron chi connectivity index (χ1n) is 5.07. The van der Waals surface area contributed by atoms with Crippen molar-refractivity contribution in [3.05, 3.63) is 11.6 Å². The molecule has 0 aromatic carbocycles. The summed E-state index contributed by atoms with van der Waals surface area (Å²) >= 11 is 0. The van der Waals surface area contributed by atoms with Gasteiger partial charge in [0.15, 0.2) is 5.82 Å². The summed E-state index contributed by atoms with van der Waals surface area (Å²) in [6, 6.07) is -0.278. The molecule has 0 fully saturated rings. The Morgan fingerprint density at radius 2 is 2.56 bits per heavy atom. The minimum atomic E-state index is -0.555. The first-order chi connectivity index (χ1) is 7.76. The first kappa shape index (κ1) is 11.0. The molecule has 0 saturated carbocycles. The van der Waals surface area contributed by atoms with Crippen LogP contribution in [0, 0.1) is 0 Å². The van der Waals surface area contributed by atoms with Gasteiger partial charge in [-0.05, 0) is 6.92 Å². The zero-order chi connectivity index (χ0) is 11.5. The van der Waals surface area contributed by atoms with Crippen molar-refractivity contribution in [2.75, 3.05) is 19.8 Å². The van der Waals surface area contributed by atoms with E-state index in [-0.39, 0.29) is 25.1 Å². The van der Waals surface area contributed by atoms with Crippen LogP contribution in [-0.4, -0.2) is 45.7 Å². The number of hydrogen-bond acceptors (Lipinski definition) is 6. The first-order valence-corrected chi connectivity index (χ1v) is 5.07. The number of aliphatic hydroxyl groups is 1. The van der Waals surface area contributed by atoms with Crippen molar-refractivity contribution in [3.8, 4) is 0 Å². The molecule has 1 atom stereocenters. The van der Waals surface area contributed by atoms with Gasteiger partial charge in [0.1, 0.15) is 12.6 Å². The molecule has 1 aliphatic heterocycles. The van der Waals surface area contributed by atoms with E-state index in [1.165, 1.54) is 4.68 Å². The van der Waals surface area contributed by atoms with Gasteiger partial charge in [0, 0.05) is 0 Å². The van der Waals surface area contributed by atoms with Gasteiger partial charge in [-0.25, -0.2) is 14.5 Å². The average molecular weight is 227 g/mol. The van der Waals surface area contributed by atoms with Crippen molar-refractivity contribution in [3.63, 3.8) is 0 Å². The molecule has 16 heavy (non-hydrogen) atoms. The third-order valence-electron chi connectivity index (χ3n) is 2.26. The van der Waals surface area contributed by atoms with E-state index >= 15 is 0 Å². The molecule has 0 spiro atoms. The van der Waals surface area contributed by atoms with E-state index in [0.717, 1.165) is 0 Å². The largest absolute Gasteiger partial charge is 0.460 e. The number of fused-ring (bicyclic) bond motifs is 1. The summed E-state index contributed by atoms with van der Waals surface area (Å²) in [5.41, 5.74) is 0. The van der Waals surface area contributed by atoms with E-state index in [0.29, 0.717) is 19.0 Å². The van der Waals surface area contributed by atoms with Crippen LogP contribution in [0.15, 0.2) is 0 Å². The highest BCUT2D eigenvalue weighted by molar-refractivity contribution is 5.84. The van der Waals surface area contributed by atoms with Gasteiger partial charge < -0.3 is 14.6 Å². The van der Waals surface area contributed by atoms with Crippen molar-refractivity contribution in [1.82, 2.24) is 14.8 Å². The predicted molar refractivity (Wildman–Crippen MR) is 51.8 cm³/mol. The Kier molecular flexibility index (Phi) is 3.16. The van der Waals surface area contributed by atoms with Crippen LogP contribution in [0.3, 0.4) is 0 Å². The molecule has 88 valence electrons. The number of carbonyl (C=O) groups is 1. The van der Waals surface area contributed by atoms with Gasteiger partial charge in [-0.3, -0.25) is 0 Å². The zero-order valence-corrected chi connectivity index (χ0v) is 8.92. The molecule has 2 rings (SSSR count). The molecule has 7 heteroatoms. The molecular formula is C9H13N3O4. The Labute approximate surface area is 92.0 Å². The summed E-state index contributed by atoms with van der Waals surface area (Å²) in [5.74, 6) is -0.00440. The van der Waals surface area contributed by atoms with Gasteiger partial charge in [0.25, 0.3) is 5.82 Å². The van der Waals surface area contributed by atoms with Crippen molar-refractivity contribution in [2.24, 2.45) is 0 Å². The fraction of sp³-hybridized carbons (Fsp3) is 0.667. The average Bonchev–Trinajstić information content (AvgIpc) is 2.72. The lowest BCUT2D eigenvalue weighted by Crippen LogP contribution is -2.27. The van der Waals surface area contributed by atoms with Gasteiger partial charge in [-0.15, -0.1) is 5.10 Å². The Balaban J connectivity index is 2.25. The van der Waals surface area contributed by atoms with E-state index in [1.54, 1.807) is 6.92 Å². The van der Waals surface area contributed by atoms with E-state index in [2.05, 4.69) is 10.1 Å². The lowest BCUT2D eigenvalue weighted by atomic mass is 10.3. The number of carbonyl (C=O) groups excluding carboxylic acids is 1. The lowest BCUT2D eigenvalue weighted by molar-refractivity contribution is 0.0272. The molecular weight excluding hydrogens is 214 g/mol. The fourth-order valence-electron chi connectivity index (χ4n) is 1.52. The number of ether oxygens (including phenoxy) is 2. The molecule has 0 saturated heterocycles. The van der Waals surface area contributed by atoms with Crippen LogP contribution in [0.2, 0.25) is 0 Å². The number of aliphatic hydroxyl groups excluding tert-OH is 1. The Morgan fingerprint density at radius 1 is 1.75 bits per heavy atom. The Morgan fingerprint density at radius 3 is 3.25 bits per heavy atom. The van der Waals surface area contributed by atoms with Gasteiger partial charge >= 0.3 is 5.97 Å². The van der Waals surface area contributed by atoms with Crippen molar-refractivity contribution in [2.45, 2.75) is 19.6 Å². The third-order valence-corrected chi connectivity index (χ3v) is 2.26. The number of nitrogens with zero attached hydrogens (tertiary/aromatic N) is 3. The van der Waals surface area contributed by atoms with Crippen LogP contribution in [-0.2, 0) is 16.1 Å². The molecule has 0 amide bonds. The van der Waals surface area contributed by atoms with Crippen LogP contribution in [0.4, 0.5) is 0 Å². The maximum Gasteiger partial charge on any atom is 0.378 e. The van der Waals surface area contributed by atoms with Crippen LogP contribution in [0.1, 0.15) is 29.4 Å². The van der Waals surface area contributed by atoms with Gasteiger partial charge in [0.2, 0.25) is 0 Å². The monoisotopic (exact) mass is 227 g/mol. The van der Waals surface area contributed by atoms with Gasteiger partial charge in [0.05, 0.1) is 19.8 Å². The molecule has 1 N–H and O–H groups in total. The summed E-state index contributed by atoms with van der Waals surface area (Å²) in [7, 11) is 0. The molecule has 0 bridgehead atoms. The topological polar surface area (TPSA) is 86.5 Å². The quantitative estimate of drug-likeness (QED) is 0.702. The summed E-state index contributed by atoms with van der Waals surface area (Å²) in [4.78, 5) is 15.4. The molecule has 7 nitrogen and oxygen atoms in total. The normalized spacial score (nSPS) is 19.2. The van der Waals surface area contributed by atoms with E-state index in [4.69, 9.17) is 14.6 Å². The summed E-state index contributed by atoms with van der Waals surface area (Å²) < 4.78 is 11.5. The molecule has 0 radical (unpaired) electrons. The van der Waals surface area contributed by atoms with Gasteiger partial charge in [-0.2, -0.15) is 0 Å². The van der Waals surface area contributed by atoms with Crippen molar-refractivity contribution < 1.29 is 19.4 Å². The summed E-state index contributed by atoms with van der Waals surface area (Å²) in [5, 5.41) is 13.1. The molecule has 2 heterocycles. The third kappa shape index (κ3) is 1.91. The van der Waals surface area contributed by atoms with E-state index < -0.39 is 5.97 Å². The maximum atomic E-state index is 11.4. The summed E-state index contributed by atoms with van der Waals surface area (Å²) in [6.07, 6.45) is 0. The number of rotatable bonds is 3. The second kappa shape index (κ2) is 4.58. The minimum Gasteiger partial charge on any atom is -0.460 e. The number of aromatic nitrogens is 3. The Bertz CT molecular complexity index is 390. The molecule has 1 aromatic heterocycles. The second-order valence-corrected chi connectivity index (χ2v) is 3.37.